The van der Waals surface area contributed by atoms with E-state index in [4.69, 9.17) is 10.5 Å². The second kappa shape index (κ2) is 7.43. The lowest BCUT2D eigenvalue weighted by Crippen LogP contribution is -2.28. The first-order valence-corrected chi connectivity index (χ1v) is 7.61. The molecule has 1 heterocycles. The Morgan fingerprint density at radius 1 is 1.30 bits per heavy atom. The molecule has 0 atom stereocenters. The number of ether oxygens (including phenoxy) is 1. The van der Waals surface area contributed by atoms with Crippen LogP contribution in [0.25, 0.3) is 0 Å². The molecule has 0 unspecified atom stereocenters. The van der Waals surface area contributed by atoms with E-state index < -0.39 is 0 Å². The van der Waals surface area contributed by atoms with Crippen LogP contribution in [0.15, 0.2) is 6.07 Å². The van der Waals surface area contributed by atoms with Gasteiger partial charge in [0.2, 0.25) is 0 Å². The lowest BCUT2D eigenvalue weighted by Gasteiger charge is -2.27. The van der Waals surface area contributed by atoms with Crippen molar-refractivity contribution in [2.45, 2.75) is 45.6 Å². The van der Waals surface area contributed by atoms with Gasteiger partial charge in [-0.2, -0.15) is 0 Å². The molecular weight excluding hydrogens is 252 g/mol. The quantitative estimate of drug-likeness (QED) is 0.866. The monoisotopic (exact) mass is 278 g/mol. The van der Waals surface area contributed by atoms with Crippen LogP contribution in [0.1, 0.15) is 44.9 Å². The molecule has 2 rings (SSSR count). The lowest BCUT2D eigenvalue weighted by atomic mass is 9.89. The van der Waals surface area contributed by atoms with Crippen LogP contribution in [0.2, 0.25) is 0 Å². The number of rotatable bonds is 6. The van der Waals surface area contributed by atoms with Crippen LogP contribution in [-0.4, -0.2) is 30.2 Å². The summed E-state index contributed by atoms with van der Waals surface area (Å²) in [5.74, 6) is 2.86. The van der Waals surface area contributed by atoms with Crippen molar-refractivity contribution in [2.75, 3.05) is 30.8 Å². The maximum atomic E-state index is 5.87. The highest BCUT2D eigenvalue weighted by Crippen LogP contribution is 2.25. The summed E-state index contributed by atoms with van der Waals surface area (Å²) in [6.07, 6.45) is 6.77. The molecule has 1 aromatic rings. The summed E-state index contributed by atoms with van der Waals surface area (Å²) >= 11 is 0. The van der Waals surface area contributed by atoms with Crippen molar-refractivity contribution in [3.05, 3.63) is 11.9 Å². The van der Waals surface area contributed by atoms with Gasteiger partial charge in [-0.25, -0.2) is 9.97 Å². The summed E-state index contributed by atoms with van der Waals surface area (Å²) in [4.78, 5) is 11.0. The van der Waals surface area contributed by atoms with Crippen molar-refractivity contribution in [2.24, 2.45) is 5.92 Å². The van der Waals surface area contributed by atoms with E-state index in [1.165, 1.54) is 32.1 Å². The summed E-state index contributed by atoms with van der Waals surface area (Å²) < 4.78 is 5.36. The molecule has 0 radical (unpaired) electrons. The van der Waals surface area contributed by atoms with E-state index in [0.29, 0.717) is 24.9 Å². The largest absolute Gasteiger partial charge is 0.384 e. The Morgan fingerprint density at radius 3 is 2.75 bits per heavy atom. The minimum Gasteiger partial charge on any atom is -0.384 e. The highest BCUT2D eigenvalue weighted by molar-refractivity contribution is 5.46. The van der Waals surface area contributed by atoms with E-state index in [-0.39, 0.29) is 0 Å². The number of nitrogens with two attached hydrogens (primary N) is 1. The van der Waals surface area contributed by atoms with Gasteiger partial charge >= 0.3 is 0 Å². The van der Waals surface area contributed by atoms with Crippen molar-refractivity contribution in [3.8, 4) is 0 Å². The number of nitrogens with zero attached hydrogens (tertiary/aromatic N) is 3. The van der Waals surface area contributed by atoms with Crippen molar-refractivity contribution in [3.63, 3.8) is 0 Å². The number of hydrogen-bond donors (Lipinski definition) is 1. The Balaban J connectivity index is 2.00. The van der Waals surface area contributed by atoms with Crippen LogP contribution < -0.4 is 10.6 Å². The van der Waals surface area contributed by atoms with Crippen LogP contribution in [0.5, 0.6) is 0 Å². The van der Waals surface area contributed by atoms with Crippen LogP contribution in [0.3, 0.4) is 0 Å². The molecule has 5 heteroatoms. The van der Waals surface area contributed by atoms with Gasteiger partial charge in [0, 0.05) is 26.3 Å². The first kappa shape index (κ1) is 15.0. The Hall–Kier alpha value is -1.36. The van der Waals surface area contributed by atoms with Crippen LogP contribution >= 0.6 is 0 Å². The minimum atomic E-state index is 0.422. The van der Waals surface area contributed by atoms with Crippen LogP contribution in [0.4, 0.5) is 11.6 Å². The van der Waals surface area contributed by atoms with E-state index in [0.717, 1.165) is 18.3 Å². The molecule has 0 aromatic carbocycles. The zero-order valence-electron chi connectivity index (χ0n) is 12.6. The predicted octanol–water partition coefficient (Wildman–Crippen LogP) is 2.61. The number of hydrogen-bond acceptors (Lipinski definition) is 5. The van der Waals surface area contributed by atoms with Crippen molar-refractivity contribution >= 4 is 11.6 Å². The molecule has 1 saturated carbocycles. The Morgan fingerprint density at radius 2 is 2.05 bits per heavy atom. The molecule has 1 aliphatic carbocycles. The molecule has 0 spiro atoms. The van der Waals surface area contributed by atoms with E-state index in [9.17, 15) is 0 Å². The maximum absolute atomic E-state index is 5.87. The summed E-state index contributed by atoms with van der Waals surface area (Å²) in [5.41, 5.74) is 5.87. The molecule has 0 amide bonds. The predicted molar refractivity (Wildman–Crippen MR) is 81.6 cm³/mol. The molecular formula is C15H26N4O. The van der Waals surface area contributed by atoms with Gasteiger partial charge in [0.1, 0.15) is 18.2 Å². The second-order valence-electron chi connectivity index (χ2n) is 5.59. The second-order valence-corrected chi connectivity index (χ2v) is 5.59. The SMILES string of the molecule is CCOCc1nc(N)cc(N(C)CC2CCCCC2)n1. The summed E-state index contributed by atoms with van der Waals surface area (Å²) in [7, 11) is 2.08. The molecule has 0 bridgehead atoms. The van der Waals surface area contributed by atoms with Gasteiger partial charge in [-0.15, -0.1) is 0 Å². The van der Waals surface area contributed by atoms with Crippen molar-refractivity contribution < 1.29 is 4.74 Å². The van der Waals surface area contributed by atoms with Gasteiger partial charge in [0.25, 0.3) is 0 Å². The average Bonchev–Trinajstić information content (AvgIpc) is 2.45. The normalized spacial score (nSPS) is 16.3. The van der Waals surface area contributed by atoms with E-state index in [1.54, 1.807) is 0 Å². The zero-order chi connectivity index (χ0) is 14.4. The summed E-state index contributed by atoms with van der Waals surface area (Å²) in [5, 5.41) is 0. The van der Waals surface area contributed by atoms with Gasteiger partial charge in [-0.05, 0) is 25.7 Å². The number of nitrogen functional groups attached to an aromatic ring is 1. The van der Waals surface area contributed by atoms with Gasteiger partial charge in [-0.3, -0.25) is 0 Å². The first-order valence-electron chi connectivity index (χ1n) is 7.61. The van der Waals surface area contributed by atoms with Crippen LogP contribution in [0, 0.1) is 5.92 Å². The van der Waals surface area contributed by atoms with Gasteiger partial charge in [-0.1, -0.05) is 19.3 Å². The van der Waals surface area contributed by atoms with E-state index in [2.05, 4.69) is 21.9 Å². The topological polar surface area (TPSA) is 64.3 Å². The van der Waals surface area contributed by atoms with E-state index in [1.807, 2.05) is 13.0 Å². The van der Waals surface area contributed by atoms with Gasteiger partial charge in [0.15, 0.2) is 5.82 Å². The molecule has 0 saturated heterocycles. The number of aromatic nitrogens is 2. The molecule has 2 N–H and O–H groups in total. The van der Waals surface area contributed by atoms with Gasteiger partial charge in [0.05, 0.1) is 0 Å². The van der Waals surface area contributed by atoms with Gasteiger partial charge < -0.3 is 15.4 Å². The molecule has 20 heavy (non-hydrogen) atoms. The third kappa shape index (κ3) is 4.34. The summed E-state index contributed by atoms with van der Waals surface area (Å²) in [6, 6.07) is 1.85. The van der Waals surface area contributed by atoms with Crippen molar-refractivity contribution in [1.29, 1.82) is 0 Å². The van der Waals surface area contributed by atoms with E-state index >= 15 is 0 Å². The average molecular weight is 278 g/mol. The molecule has 0 aliphatic heterocycles. The Labute approximate surface area is 121 Å². The third-order valence-corrected chi connectivity index (χ3v) is 3.86. The fourth-order valence-electron chi connectivity index (χ4n) is 2.81. The molecule has 5 nitrogen and oxygen atoms in total. The summed E-state index contributed by atoms with van der Waals surface area (Å²) in [6.45, 7) is 4.09. The molecule has 112 valence electrons. The number of anilines is 2. The smallest absolute Gasteiger partial charge is 0.158 e. The molecule has 1 aliphatic rings. The zero-order valence-corrected chi connectivity index (χ0v) is 12.6. The minimum absolute atomic E-state index is 0.422. The highest BCUT2D eigenvalue weighted by Gasteiger charge is 2.17. The fourth-order valence-corrected chi connectivity index (χ4v) is 2.81. The molecule has 1 aromatic heterocycles. The lowest BCUT2D eigenvalue weighted by molar-refractivity contribution is 0.128. The standard InChI is InChI=1S/C15H26N4O/c1-3-20-11-14-17-13(16)9-15(18-14)19(2)10-12-7-5-4-6-8-12/h9,12H,3-8,10-11H2,1-2H3,(H2,16,17,18). The Kier molecular flexibility index (Phi) is 5.59. The van der Waals surface area contributed by atoms with Crippen molar-refractivity contribution in [1.82, 2.24) is 9.97 Å². The highest BCUT2D eigenvalue weighted by atomic mass is 16.5. The third-order valence-electron chi connectivity index (χ3n) is 3.86. The first-order chi connectivity index (χ1) is 9.69. The Bertz CT molecular complexity index is 418. The maximum Gasteiger partial charge on any atom is 0.158 e. The molecule has 1 fully saturated rings. The van der Waals surface area contributed by atoms with Crippen LogP contribution in [-0.2, 0) is 11.3 Å². The fraction of sp³-hybridized carbons (Fsp3) is 0.733.